The van der Waals surface area contributed by atoms with Gasteiger partial charge in [-0.15, -0.1) is 0 Å². The second kappa shape index (κ2) is 3.49. The van der Waals surface area contributed by atoms with Crippen molar-refractivity contribution in [2.24, 2.45) is 0 Å². The molecule has 0 saturated heterocycles. The van der Waals surface area contributed by atoms with E-state index in [0.717, 1.165) is 18.4 Å². The van der Waals surface area contributed by atoms with E-state index in [1.807, 2.05) is 0 Å². The molecule has 1 fully saturated rings. The molecule has 1 aliphatic carbocycles. The van der Waals surface area contributed by atoms with Gasteiger partial charge in [-0.2, -0.15) is 0 Å². The number of methoxy groups -OCH3 is 1. The molecule has 1 aromatic rings. The number of halogens is 1. The van der Waals surface area contributed by atoms with Crippen LogP contribution in [0.5, 0.6) is 5.75 Å². The smallest absolute Gasteiger partial charge is 0.167 e. The molecular weight excluding hydrogens is 195 g/mol. The first-order valence-corrected chi connectivity index (χ1v) is 5.09. The van der Waals surface area contributed by atoms with Gasteiger partial charge in [-0.1, -0.05) is 6.07 Å². The maximum absolute atomic E-state index is 13.4. The summed E-state index contributed by atoms with van der Waals surface area (Å²) >= 11 is 0. The van der Waals surface area contributed by atoms with Gasteiger partial charge in [-0.3, -0.25) is 0 Å². The molecule has 0 spiro atoms. The van der Waals surface area contributed by atoms with Gasteiger partial charge in [0.05, 0.1) is 12.7 Å². The zero-order valence-electron chi connectivity index (χ0n) is 9.01. The van der Waals surface area contributed by atoms with Crippen molar-refractivity contribution in [3.63, 3.8) is 0 Å². The van der Waals surface area contributed by atoms with Gasteiger partial charge in [0.15, 0.2) is 11.6 Å². The Morgan fingerprint density at radius 3 is 2.67 bits per heavy atom. The van der Waals surface area contributed by atoms with Gasteiger partial charge in [-0.25, -0.2) is 4.39 Å². The minimum absolute atomic E-state index is 0.259. The monoisotopic (exact) mass is 210 g/mol. The fourth-order valence-electron chi connectivity index (χ4n) is 1.76. The van der Waals surface area contributed by atoms with Gasteiger partial charge in [-0.05, 0) is 37.0 Å². The molecule has 1 N–H and O–H groups in total. The van der Waals surface area contributed by atoms with Crippen LogP contribution in [0.25, 0.3) is 0 Å². The van der Waals surface area contributed by atoms with E-state index in [4.69, 9.17) is 4.74 Å². The van der Waals surface area contributed by atoms with Gasteiger partial charge in [0.25, 0.3) is 0 Å². The van der Waals surface area contributed by atoms with Crippen molar-refractivity contribution in [1.29, 1.82) is 0 Å². The molecule has 82 valence electrons. The molecule has 0 aliphatic heterocycles. The minimum atomic E-state index is -0.546. The fourth-order valence-corrected chi connectivity index (χ4v) is 1.76. The number of aliphatic hydroxyl groups is 1. The highest BCUT2D eigenvalue weighted by Gasteiger charge is 2.40. The summed E-state index contributed by atoms with van der Waals surface area (Å²) in [6.45, 7) is 1.71. The van der Waals surface area contributed by atoms with Crippen molar-refractivity contribution in [1.82, 2.24) is 0 Å². The zero-order chi connectivity index (χ0) is 11.1. The fraction of sp³-hybridized carbons (Fsp3) is 0.500. The van der Waals surface area contributed by atoms with Crippen LogP contribution in [0.15, 0.2) is 12.1 Å². The van der Waals surface area contributed by atoms with Crippen molar-refractivity contribution in [3.05, 3.63) is 29.1 Å². The first-order valence-electron chi connectivity index (χ1n) is 5.09. The number of rotatable bonds is 3. The quantitative estimate of drug-likeness (QED) is 0.828. The molecule has 0 atom stereocenters. The summed E-state index contributed by atoms with van der Waals surface area (Å²) in [5, 5.41) is 9.77. The van der Waals surface area contributed by atoms with Crippen LogP contribution in [0.1, 0.15) is 24.0 Å². The van der Waals surface area contributed by atoms with Crippen molar-refractivity contribution in [3.8, 4) is 5.75 Å². The highest BCUT2D eigenvalue weighted by atomic mass is 19.1. The molecule has 1 saturated carbocycles. The van der Waals surface area contributed by atoms with Crippen molar-refractivity contribution >= 4 is 0 Å². The van der Waals surface area contributed by atoms with Crippen molar-refractivity contribution in [2.75, 3.05) is 7.11 Å². The highest BCUT2D eigenvalue weighted by molar-refractivity contribution is 5.36. The lowest BCUT2D eigenvalue weighted by atomic mass is 10.0. The molecule has 1 aliphatic rings. The van der Waals surface area contributed by atoms with Crippen LogP contribution in [0.3, 0.4) is 0 Å². The Morgan fingerprint density at radius 2 is 2.13 bits per heavy atom. The largest absolute Gasteiger partial charge is 0.494 e. The minimum Gasteiger partial charge on any atom is -0.494 e. The summed E-state index contributed by atoms with van der Waals surface area (Å²) in [5.74, 6) is -0.0571. The van der Waals surface area contributed by atoms with E-state index in [1.165, 1.54) is 7.11 Å². The molecule has 0 radical (unpaired) electrons. The summed E-state index contributed by atoms with van der Waals surface area (Å²) in [5.41, 5.74) is 0.953. The standard InChI is InChI=1S/C12H15FO2/c1-8-5-9(7-12(14)3-4-12)6-10(15-2)11(8)13/h5-6,14H,3-4,7H2,1-2H3. The van der Waals surface area contributed by atoms with Crippen LogP contribution in [-0.4, -0.2) is 17.8 Å². The molecule has 0 heterocycles. The maximum Gasteiger partial charge on any atom is 0.167 e. The van der Waals surface area contributed by atoms with E-state index in [1.54, 1.807) is 19.1 Å². The first kappa shape index (κ1) is 10.4. The van der Waals surface area contributed by atoms with Gasteiger partial charge < -0.3 is 9.84 Å². The Morgan fingerprint density at radius 1 is 1.47 bits per heavy atom. The number of hydrogen-bond donors (Lipinski definition) is 1. The Balaban J connectivity index is 2.28. The lowest BCUT2D eigenvalue weighted by molar-refractivity contribution is 0.151. The van der Waals surface area contributed by atoms with Gasteiger partial charge in [0, 0.05) is 6.42 Å². The molecular formula is C12H15FO2. The second-order valence-electron chi connectivity index (χ2n) is 4.33. The average molecular weight is 210 g/mol. The zero-order valence-corrected chi connectivity index (χ0v) is 9.01. The molecule has 0 unspecified atom stereocenters. The molecule has 2 nitrogen and oxygen atoms in total. The highest BCUT2D eigenvalue weighted by Crippen LogP contribution is 2.39. The van der Waals surface area contributed by atoms with E-state index in [9.17, 15) is 9.50 Å². The Kier molecular flexibility index (Phi) is 2.43. The normalized spacial score (nSPS) is 17.6. The molecule has 0 bridgehead atoms. The van der Waals surface area contributed by atoms with Crippen molar-refractivity contribution in [2.45, 2.75) is 31.8 Å². The first-order chi connectivity index (χ1) is 7.04. The van der Waals surface area contributed by atoms with E-state index in [2.05, 4.69) is 0 Å². The lowest BCUT2D eigenvalue weighted by Crippen LogP contribution is -2.11. The molecule has 0 aromatic heterocycles. The predicted octanol–water partition coefficient (Wildman–Crippen LogP) is 2.21. The number of aryl methyl sites for hydroxylation is 1. The van der Waals surface area contributed by atoms with E-state index >= 15 is 0 Å². The molecule has 15 heavy (non-hydrogen) atoms. The maximum atomic E-state index is 13.4. The summed E-state index contributed by atoms with van der Waals surface area (Å²) in [6.07, 6.45) is 2.27. The van der Waals surface area contributed by atoms with Crippen LogP contribution in [0.4, 0.5) is 4.39 Å². The van der Waals surface area contributed by atoms with Gasteiger partial charge >= 0.3 is 0 Å². The summed E-state index contributed by atoms with van der Waals surface area (Å²) < 4.78 is 18.4. The van der Waals surface area contributed by atoms with Crippen LogP contribution in [0, 0.1) is 12.7 Å². The third-order valence-corrected chi connectivity index (χ3v) is 2.86. The number of benzene rings is 1. The van der Waals surface area contributed by atoms with Crippen LogP contribution >= 0.6 is 0 Å². The van der Waals surface area contributed by atoms with E-state index in [0.29, 0.717) is 12.0 Å². The third-order valence-electron chi connectivity index (χ3n) is 2.86. The molecule has 1 aromatic carbocycles. The average Bonchev–Trinajstić information content (AvgIpc) is 2.89. The Labute approximate surface area is 88.7 Å². The Hall–Kier alpha value is -1.09. The third kappa shape index (κ3) is 2.12. The number of hydrogen-bond acceptors (Lipinski definition) is 2. The molecule has 2 rings (SSSR count). The van der Waals surface area contributed by atoms with Crippen LogP contribution in [-0.2, 0) is 6.42 Å². The second-order valence-corrected chi connectivity index (χ2v) is 4.33. The van der Waals surface area contributed by atoms with Gasteiger partial charge in [0.2, 0.25) is 0 Å². The summed E-state index contributed by atoms with van der Waals surface area (Å²) in [6, 6.07) is 3.44. The Bertz CT molecular complexity index is 383. The molecule has 3 heteroatoms. The SMILES string of the molecule is COc1cc(CC2(O)CC2)cc(C)c1F. The predicted molar refractivity (Wildman–Crippen MR) is 55.6 cm³/mol. The van der Waals surface area contributed by atoms with Gasteiger partial charge in [0.1, 0.15) is 0 Å². The summed E-state index contributed by atoms with van der Waals surface area (Å²) in [4.78, 5) is 0. The topological polar surface area (TPSA) is 29.5 Å². The van der Waals surface area contributed by atoms with E-state index < -0.39 is 5.60 Å². The van der Waals surface area contributed by atoms with Crippen LogP contribution in [0.2, 0.25) is 0 Å². The van der Waals surface area contributed by atoms with E-state index in [-0.39, 0.29) is 11.6 Å². The number of ether oxygens (including phenoxy) is 1. The van der Waals surface area contributed by atoms with Crippen molar-refractivity contribution < 1.29 is 14.2 Å². The van der Waals surface area contributed by atoms with Crippen LogP contribution < -0.4 is 4.74 Å². The molecule has 0 amide bonds. The summed E-state index contributed by atoms with van der Waals surface area (Å²) in [7, 11) is 1.45. The lowest BCUT2D eigenvalue weighted by Gasteiger charge is -2.11.